The Morgan fingerprint density at radius 2 is 2.24 bits per heavy atom. The number of amides is 1. The number of benzene rings is 1. The van der Waals surface area contributed by atoms with Gasteiger partial charge in [-0.3, -0.25) is 4.79 Å². The van der Waals surface area contributed by atoms with E-state index in [1.165, 1.54) is 0 Å². The average Bonchev–Trinajstić information content (AvgIpc) is 2.97. The lowest BCUT2D eigenvalue weighted by atomic mass is 10.1. The van der Waals surface area contributed by atoms with E-state index in [4.69, 9.17) is 20.9 Å². The molecule has 0 bridgehead atoms. The van der Waals surface area contributed by atoms with Gasteiger partial charge in [0.25, 0.3) is 5.91 Å². The lowest BCUT2D eigenvalue weighted by molar-refractivity contribution is 0.0942. The van der Waals surface area contributed by atoms with Gasteiger partial charge < -0.3 is 14.6 Å². The van der Waals surface area contributed by atoms with Crippen LogP contribution in [0.1, 0.15) is 23.3 Å². The van der Waals surface area contributed by atoms with Crippen LogP contribution in [0.5, 0.6) is 0 Å². The normalized spacial score (nSPS) is 10.6. The van der Waals surface area contributed by atoms with Crippen LogP contribution in [0.15, 0.2) is 34.9 Å². The van der Waals surface area contributed by atoms with Gasteiger partial charge in [-0.05, 0) is 25.0 Å². The van der Waals surface area contributed by atoms with Crippen LogP contribution in [0.3, 0.4) is 0 Å². The fourth-order valence-corrected chi connectivity index (χ4v) is 2.01. The summed E-state index contributed by atoms with van der Waals surface area (Å²) < 4.78 is 10.1. The molecule has 0 aliphatic rings. The van der Waals surface area contributed by atoms with E-state index in [0.29, 0.717) is 23.9 Å². The van der Waals surface area contributed by atoms with Crippen LogP contribution in [0.25, 0.3) is 11.3 Å². The van der Waals surface area contributed by atoms with Gasteiger partial charge in [-0.15, -0.1) is 0 Å². The highest BCUT2D eigenvalue weighted by atomic mass is 35.5. The molecule has 0 fully saturated rings. The third-order valence-corrected chi connectivity index (χ3v) is 3.15. The number of hydrogen-bond donors (Lipinski definition) is 1. The Hall–Kier alpha value is -1.85. The molecule has 1 amide bonds. The number of unbranched alkanes of at least 4 members (excludes halogenated alkanes) is 1. The molecule has 1 N–H and O–H groups in total. The van der Waals surface area contributed by atoms with Crippen LogP contribution in [0, 0.1) is 0 Å². The predicted molar refractivity (Wildman–Crippen MR) is 80.4 cm³/mol. The van der Waals surface area contributed by atoms with Crippen LogP contribution in [0.4, 0.5) is 0 Å². The molecule has 0 aliphatic carbocycles. The summed E-state index contributed by atoms with van der Waals surface area (Å²) >= 11 is 5.92. The van der Waals surface area contributed by atoms with Crippen molar-refractivity contribution in [1.29, 1.82) is 0 Å². The van der Waals surface area contributed by atoms with Gasteiger partial charge in [0, 0.05) is 36.9 Å². The Labute approximate surface area is 128 Å². The SMILES string of the molecule is COCCCCNC(=O)c1cc(-c2cccc(Cl)c2)on1. The molecule has 0 saturated carbocycles. The zero-order valence-electron chi connectivity index (χ0n) is 11.8. The number of aromatic nitrogens is 1. The van der Waals surface area contributed by atoms with Crippen LogP contribution < -0.4 is 5.32 Å². The van der Waals surface area contributed by atoms with Crippen molar-refractivity contribution in [2.45, 2.75) is 12.8 Å². The minimum Gasteiger partial charge on any atom is -0.385 e. The summed E-state index contributed by atoms with van der Waals surface area (Å²) in [5, 5.41) is 7.18. The monoisotopic (exact) mass is 308 g/mol. The number of rotatable bonds is 7. The Morgan fingerprint density at radius 1 is 1.38 bits per heavy atom. The first-order valence-corrected chi connectivity index (χ1v) is 7.08. The van der Waals surface area contributed by atoms with Crippen molar-refractivity contribution in [2.75, 3.05) is 20.3 Å². The van der Waals surface area contributed by atoms with E-state index in [1.54, 1.807) is 25.3 Å². The summed E-state index contributed by atoms with van der Waals surface area (Å²) in [6.07, 6.45) is 1.77. The molecule has 0 atom stereocenters. The molecule has 1 heterocycles. The average molecular weight is 309 g/mol. The topological polar surface area (TPSA) is 64.4 Å². The number of ether oxygens (including phenoxy) is 1. The molecule has 2 rings (SSSR count). The summed E-state index contributed by atoms with van der Waals surface area (Å²) in [7, 11) is 1.66. The van der Waals surface area contributed by atoms with Crippen molar-refractivity contribution in [3.8, 4) is 11.3 Å². The number of nitrogens with zero attached hydrogens (tertiary/aromatic N) is 1. The lowest BCUT2D eigenvalue weighted by Crippen LogP contribution is -2.24. The molecule has 1 aromatic heterocycles. The number of halogens is 1. The number of hydrogen-bond acceptors (Lipinski definition) is 4. The summed E-state index contributed by atoms with van der Waals surface area (Å²) in [5.41, 5.74) is 1.05. The smallest absolute Gasteiger partial charge is 0.273 e. The highest BCUT2D eigenvalue weighted by Crippen LogP contribution is 2.23. The van der Waals surface area contributed by atoms with E-state index in [0.717, 1.165) is 18.4 Å². The second kappa shape index (κ2) is 7.81. The molecule has 6 heteroatoms. The van der Waals surface area contributed by atoms with Gasteiger partial charge in [0.05, 0.1) is 0 Å². The third-order valence-electron chi connectivity index (χ3n) is 2.91. The first kappa shape index (κ1) is 15.5. The summed E-state index contributed by atoms with van der Waals surface area (Å²) in [5.74, 6) is 0.270. The minimum absolute atomic E-state index is 0.246. The van der Waals surface area contributed by atoms with Gasteiger partial charge in [-0.1, -0.05) is 28.9 Å². The highest BCUT2D eigenvalue weighted by Gasteiger charge is 2.13. The van der Waals surface area contributed by atoms with Crippen molar-refractivity contribution in [2.24, 2.45) is 0 Å². The first-order chi connectivity index (χ1) is 10.2. The predicted octanol–water partition coefficient (Wildman–Crippen LogP) is 3.15. The van der Waals surface area contributed by atoms with Gasteiger partial charge in [0.15, 0.2) is 11.5 Å². The summed E-state index contributed by atoms with van der Waals surface area (Å²) in [6.45, 7) is 1.28. The van der Waals surface area contributed by atoms with Gasteiger partial charge in [-0.25, -0.2) is 0 Å². The maximum Gasteiger partial charge on any atom is 0.273 e. The maximum absolute atomic E-state index is 11.9. The fourth-order valence-electron chi connectivity index (χ4n) is 1.82. The quantitative estimate of drug-likeness (QED) is 0.798. The molecule has 0 radical (unpaired) electrons. The van der Waals surface area contributed by atoms with Crippen molar-refractivity contribution in [3.05, 3.63) is 41.0 Å². The van der Waals surface area contributed by atoms with Crippen LogP contribution in [0.2, 0.25) is 5.02 Å². The van der Waals surface area contributed by atoms with E-state index in [1.807, 2.05) is 12.1 Å². The van der Waals surface area contributed by atoms with Crippen molar-refractivity contribution in [3.63, 3.8) is 0 Å². The minimum atomic E-state index is -0.246. The van der Waals surface area contributed by atoms with E-state index in [9.17, 15) is 4.79 Å². The van der Waals surface area contributed by atoms with Gasteiger partial charge >= 0.3 is 0 Å². The van der Waals surface area contributed by atoms with Crippen molar-refractivity contribution >= 4 is 17.5 Å². The van der Waals surface area contributed by atoms with Gasteiger partial charge in [0.1, 0.15) is 0 Å². The molecule has 5 nitrogen and oxygen atoms in total. The first-order valence-electron chi connectivity index (χ1n) is 6.70. The van der Waals surface area contributed by atoms with Gasteiger partial charge in [-0.2, -0.15) is 0 Å². The number of carbonyl (C=O) groups excluding carboxylic acids is 1. The maximum atomic E-state index is 11.9. The Balaban J connectivity index is 1.92. The van der Waals surface area contributed by atoms with Crippen LogP contribution >= 0.6 is 11.6 Å². The van der Waals surface area contributed by atoms with Crippen molar-refractivity contribution < 1.29 is 14.1 Å². The van der Waals surface area contributed by atoms with Crippen LogP contribution in [-0.4, -0.2) is 31.3 Å². The molecule has 0 unspecified atom stereocenters. The molecule has 0 saturated heterocycles. The number of methoxy groups -OCH3 is 1. The number of nitrogens with one attached hydrogen (secondary N) is 1. The lowest BCUT2D eigenvalue weighted by Gasteiger charge is -2.01. The molecular formula is C15H17ClN2O3. The second-order valence-electron chi connectivity index (χ2n) is 4.54. The Kier molecular flexibility index (Phi) is 5.78. The van der Waals surface area contributed by atoms with E-state index in [2.05, 4.69) is 10.5 Å². The van der Waals surface area contributed by atoms with E-state index < -0.39 is 0 Å². The number of carbonyl (C=O) groups is 1. The molecule has 21 heavy (non-hydrogen) atoms. The Bertz CT molecular complexity index is 598. The molecule has 112 valence electrons. The van der Waals surface area contributed by atoms with Gasteiger partial charge in [0.2, 0.25) is 0 Å². The zero-order chi connectivity index (χ0) is 15.1. The summed E-state index contributed by atoms with van der Waals surface area (Å²) in [6, 6.07) is 8.80. The third kappa shape index (κ3) is 4.58. The molecule has 0 aliphatic heterocycles. The molecule has 2 aromatic rings. The highest BCUT2D eigenvalue weighted by molar-refractivity contribution is 6.30. The zero-order valence-corrected chi connectivity index (χ0v) is 12.5. The summed E-state index contributed by atoms with van der Waals surface area (Å²) in [4.78, 5) is 11.9. The largest absolute Gasteiger partial charge is 0.385 e. The van der Waals surface area contributed by atoms with E-state index in [-0.39, 0.29) is 11.6 Å². The fraction of sp³-hybridized carbons (Fsp3) is 0.333. The second-order valence-corrected chi connectivity index (χ2v) is 4.98. The van der Waals surface area contributed by atoms with Crippen LogP contribution in [-0.2, 0) is 4.74 Å². The molecule has 1 aromatic carbocycles. The standard InChI is InChI=1S/C15H17ClN2O3/c1-20-8-3-2-7-17-15(19)13-10-14(21-18-13)11-5-4-6-12(16)9-11/h4-6,9-10H,2-3,7-8H2,1H3,(H,17,19). The molecular weight excluding hydrogens is 292 g/mol. The molecule has 0 spiro atoms. The Morgan fingerprint density at radius 3 is 3.00 bits per heavy atom. The van der Waals surface area contributed by atoms with E-state index >= 15 is 0 Å². The van der Waals surface area contributed by atoms with Crippen molar-refractivity contribution in [1.82, 2.24) is 10.5 Å².